The Morgan fingerprint density at radius 3 is 2.65 bits per heavy atom. The quantitative estimate of drug-likeness (QED) is 0.799. The number of carboxylic acid groups (broad SMARTS) is 1. The molecule has 0 aliphatic rings. The van der Waals surface area contributed by atoms with Crippen LogP contribution in [0.15, 0.2) is 24.4 Å². The lowest BCUT2D eigenvalue weighted by Gasteiger charge is -2.18. The van der Waals surface area contributed by atoms with Crippen LogP contribution in [0.3, 0.4) is 0 Å². The van der Waals surface area contributed by atoms with Gasteiger partial charge in [0.1, 0.15) is 0 Å². The number of aryl methyl sites for hydroxylation is 1. The minimum Gasteiger partial charge on any atom is -0.481 e. The molecule has 108 valence electrons. The molecule has 1 heterocycles. The van der Waals surface area contributed by atoms with E-state index in [0.29, 0.717) is 10.9 Å². The van der Waals surface area contributed by atoms with E-state index in [1.807, 2.05) is 22.6 Å². The fourth-order valence-electron chi connectivity index (χ4n) is 2.25. The summed E-state index contributed by atoms with van der Waals surface area (Å²) in [6.45, 7) is 0. The molecule has 0 spiro atoms. The number of hydrogen-bond donors (Lipinski definition) is 1. The lowest BCUT2D eigenvalue weighted by molar-refractivity contribution is -0.163. The summed E-state index contributed by atoms with van der Waals surface area (Å²) in [4.78, 5) is 10.7. The highest BCUT2D eigenvalue weighted by Crippen LogP contribution is 2.41. The van der Waals surface area contributed by atoms with Gasteiger partial charge in [-0.05, 0) is 46.4 Å². The third kappa shape index (κ3) is 2.92. The van der Waals surface area contributed by atoms with Gasteiger partial charge in [-0.2, -0.15) is 13.2 Å². The van der Waals surface area contributed by atoms with E-state index in [0.717, 1.165) is 3.57 Å². The van der Waals surface area contributed by atoms with Crippen molar-refractivity contribution in [1.82, 2.24) is 4.57 Å². The minimum absolute atomic E-state index is 0.0101. The number of fused-ring (bicyclic) bond motifs is 1. The predicted octanol–water partition coefficient (Wildman–Crippen LogP) is 3.90. The lowest BCUT2D eigenvalue weighted by Crippen LogP contribution is -2.23. The van der Waals surface area contributed by atoms with Gasteiger partial charge in [-0.1, -0.05) is 0 Å². The monoisotopic (exact) mass is 397 g/mol. The van der Waals surface area contributed by atoms with Crippen LogP contribution in [0, 0.1) is 3.57 Å². The molecular weight excluding hydrogens is 386 g/mol. The van der Waals surface area contributed by atoms with Crippen molar-refractivity contribution >= 4 is 39.5 Å². The average molecular weight is 397 g/mol. The smallest absolute Gasteiger partial charge is 0.396 e. The molecule has 0 saturated heterocycles. The van der Waals surface area contributed by atoms with Crippen LogP contribution in [-0.2, 0) is 11.8 Å². The zero-order valence-corrected chi connectivity index (χ0v) is 12.6. The largest absolute Gasteiger partial charge is 0.481 e. The molecule has 0 radical (unpaired) electrons. The van der Waals surface area contributed by atoms with Crippen molar-refractivity contribution < 1.29 is 23.1 Å². The number of carbonyl (C=O) groups is 1. The van der Waals surface area contributed by atoms with Gasteiger partial charge in [0.15, 0.2) is 0 Å². The second-order valence-corrected chi connectivity index (χ2v) is 5.79. The van der Waals surface area contributed by atoms with Gasteiger partial charge in [0.25, 0.3) is 0 Å². The maximum absolute atomic E-state index is 13.1. The zero-order chi connectivity index (χ0) is 15.1. The first-order valence-electron chi connectivity index (χ1n) is 5.73. The molecule has 0 bridgehead atoms. The van der Waals surface area contributed by atoms with Crippen LogP contribution in [0.25, 0.3) is 10.9 Å². The van der Waals surface area contributed by atoms with E-state index in [-0.39, 0.29) is 5.56 Å². The van der Waals surface area contributed by atoms with Crippen LogP contribution in [-0.4, -0.2) is 21.8 Å². The molecule has 2 aromatic rings. The van der Waals surface area contributed by atoms with Gasteiger partial charge in [0.05, 0.1) is 12.3 Å². The summed E-state index contributed by atoms with van der Waals surface area (Å²) in [5.41, 5.74) is 0.663. The summed E-state index contributed by atoms with van der Waals surface area (Å²) in [5.74, 6) is -3.46. The van der Waals surface area contributed by atoms with E-state index >= 15 is 0 Å². The molecule has 20 heavy (non-hydrogen) atoms. The molecule has 7 heteroatoms. The van der Waals surface area contributed by atoms with Gasteiger partial charge < -0.3 is 9.67 Å². The Labute approximate surface area is 126 Å². The van der Waals surface area contributed by atoms with Crippen molar-refractivity contribution in [2.45, 2.75) is 18.5 Å². The third-order valence-corrected chi connectivity index (χ3v) is 3.80. The fourth-order valence-corrected chi connectivity index (χ4v) is 2.74. The van der Waals surface area contributed by atoms with Crippen molar-refractivity contribution in [2.24, 2.45) is 7.05 Å². The second-order valence-electron chi connectivity index (χ2n) is 4.55. The van der Waals surface area contributed by atoms with E-state index in [1.165, 1.54) is 6.20 Å². The Hall–Kier alpha value is -1.25. The van der Waals surface area contributed by atoms with Crippen molar-refractivity contribution in [3.8, 4) is 0 Å². The molecule has 1 atom stereocenters. The highest BCUT2D eigenvalue weighted by molar-refractivity contribution is 14.1. The number of aliphatic carboxylic acids is 1. The van der Waals surface area contributed by atoms with Crippen molar-refractivity contribution in [1.29, 1.82) is 0 Å². The van der Waals surface area contributed by atoms with Crippen LogP contribution in [0.4, 0.5) is 13.2 Å². The third-order valence-electron chi connectivity index (χ3n) is 3.13. The number of carboxylic acids is 1. The number of halogens is 4. The molecule has 1 aromatic heterocycles. The Bertz CT molecular complexity index is 663. The van der Waals surface area contributed by atoms with Gasteiger partial charge in [0.2, 0.25) is 0 Å². The van der Waals surface area contributed by atoms with E-state index < -0.39 is 24.5 Å². The molecule has 0 aliphatic carbocycles. The van der Waals surface area contributed by atoms with E-state index in [1.54, 1.807) is 29.8 Å². The maximum atomic E-state index is 13.1. The summed E-state index contributed by atoms with van der Waals surface area (Å²) in [7, 11) is 1.65. The summed E-state index contributed by atoms with van der Waals surface area (Å²) < 4.78 is 41.8. The molecule has 0 fully saturated rings. The second kappa shape index (κ2) is 5.27. The summed E-state index contributed by atoms with van der Waals surface area (Å²) in [6.07, 6.45) is -4.19. The van der Waals surface area contributed by atoms with Gasteiger partial charge in [-0.3, -0.25) is 4.79 Å². The molecule has 1 aromatic carbocycles. The van der Waals surface area contributed by atoms with Gasteiger partial charge in [-0.25, -0.2) is 0 Å². The molecule has 0 saturated carbocycles. The maximum Gasteiger partial charge on any atom is 0.396 e. The number of nitrogens with zero attached hydrogens (tertiary/aromatic N) is 1. The van der Waals surface area contributed by atoms with Crippen LogP contribution >= 0.6 is 22.6 Å². The van der Waals surface area contributed by atoms with Gasteiger partial charge >= 0.3 is 12.1 Å². The summed E-state index contributed by atoms with van der Waals surface area (Å²) >= 11 is 2.02. The van der Waals surface area contributed by atoms with E-state index in [9.17, 15) is 18.0 Å². The Kier molecular flexibility index (Phi) is 3.99. The Morgan fingerprint density at radius 2 is 2.10 bits per heavy atom. The number of benzene rings is 1. The first-order valence-corrected chi connectivity index (χ1v) is 6.81. The highest BCUT2D eigenvalue weighted by atomic mass is 127. The Morgan fingerprint density at radius 1 is 1.45 bits per heavy atom. The van der Waals surface area contributed by atoms with E-state index in [2.05, 4.69) is 0 Å². The average Bonchev–Trinajstić information content (AvgIpc) is 2.61. The van der Waals surface area contributed by atoms with Crippen molar-refractivity contribution in [2.75, 3.05) is 0 Å². The first kappa shape index (κ1) is 15.1. The molecule has 0 unspecified atom stereocenters. The van der Waals surface area contributed by atoms with Crippen molar-refractivity contribution in [3.63, 3.8) is 0 Å². The van der Waals surface area contributed by atoms with Crippen LogP contribution in [0.1, 0.15) is 17.9 Å². The molecule has 0 aliphatic heterocycles. The van der Waals surface area contributed by atoms with Crippen LogP contribution in [0.5, 0.6) is 0 Å². The summed E-state index contributed by atoms with van der Waals surface area (Å²) in [5, 5.41) is 9.18. The topological polar surface area (TPSA) is 42.2 Å². The number of aromatic nitrogens is 1. The lowest BCUT2D eigenvalue weighted by atomic mass is 9.95. The van der Waals surface area contributed by atoms with Crippen LogP contribution in [0.2, 0.25) is 0 Å². The number of hydrogen-bond acceptors (Lipinski definition) is 1. The Balaban J connectivity index is 2.64. The summed E-state index contributed by atoms with van der Waals surface area (Å²) in [6, 6.07) is 5.17. The van der Waals surface area contributed by atoms with Crippen LogP contribution < -0.4 is 0 Å². The number of alkyl halides is 3. The molecule has 3 nitrogen and oxygen atoms in total. The predicted molar refractivity (Wildman–Crippen MR) is 76.7 cm³/mol. The molecule has 0 amide bonds. The SMILES string of the molecule is Cn1cc([C@H](CC(=O)O)C(F)(F)F)c2cc(I)ccc21. The highest BCUT2D eigenvalue weighted by Gasteiger charge is 2.43. The fraction of sp³-hybridized carbons (Fsp3) is 0.308. The normalized spacial score (nSPS) is 13.7. The van der Waals surface area contributed by atoms with E-state index in [4.69, 9.17) is 5.11 Å². The first-order chi connectivity index (χ1) is 9.20. The zero-order valence-electron chi connectivity index (χ0n) is 10.4. The van der Waals surface area contributed by atoms with Gasteiger partial charge in [-0.15, -0.1) is 0 Å². The molecule has 1 N–H and O–H groups in total. The number of rotatable bonds is 3. The van der Waals surface area contributed by atoms with Gasteiger partial charge in [0, 0.05) is 27.7 Å². The standard InChI is InChI=1S/C13H11F3INO2/c1-18-6-9(8-4-7(17)2-3-11(8)18)10(5-12(19)20)13(14,15)16/h2-4,6,10H,5H2,1H3,(H,19,20)/t10-/m0/s1. The molecular formula is C13H11F3INO2. The minimum atomic E-state index is -4.59. The van der Waals surface area contributed by atoms with Crippen molar-refractivity contribution in [3.05, 3.63) is 33.5 Å². The molecule has 2 rings (SSSR count).